The van der Waals surface area contributed by atoms with Gasteiger partial charge in [0.2, 0.25) is 5.91 Å². The number of likely N-dealkylation sites (N-methyl/N-ethyl adjacent to an activating group) is 2. The maximum absolute atomic E-state index is 15.6. The summed E-state index contributed by atoms with van der Waals surface area (Å²) in [6.45, 7) is 11.1. The minimum absolute atomic E-state index is 0.0473. The summed E-state index contributed by atoms with van der Waals surface area (Å²) in [5.41, 5.74) is 1.94. The van der Waals surface area contributed by atoms with Crippen molar-refractivity contribution in [3.05, 3.63) is 76.5 Å². The average molecular weight is 795 g/mol. The van der Waals surface area contributed by atoms with Crippen LogP contribution in [0.25, 0.3) is 22.4 Å². The van der Waals surface area contributed by atoms with Crippen molar-refractivity contribution in [2.75, 3.05) is 78.4 Å². The molecule has 16 heteroatoms. The van der Waals surface area contributed by atoms with Crippen molar-refractivity contribution in [2.24, 2.45) is 18.9 Å². The van der Waals surface area contributed by atoms with E-state index in [9.17, 15) is 14.4 Å². The lowest BCUT2D eigenvalue weighted by atomic mass is 9.94. The van der Waals surface area contributed by atoms with E-state index < -0.39 is 17.5 Å². The van der Waals surface area contributed by atoms with Gasteiger partial charge in [0.1, 0.15) is 0 Å². The second kappa shape index (κ2) is 18.0. The fraction of sp³-hybridized carbons (Fsp3) is 0.475. The molecule has 2 aliphatic rings. The summed E-state index contributed by atoms with van der Waals surface area (Å²) in [7, 11) is 5.29. The van der Waals surface area contributed by atoms with Crippen molar-refractivity contribution in [3.8, 4) is 22.4 Å². The number of ether oxygens (including phenoxy) is 1. The summed E-state index contributed by atoms with van der Waals surface area (Å²) in [6, 6.07) is 7.55. The van der Waals surface area contributed by atoms with Crippen LogP contribution in [0, 0.1) is 30.4 Å². The smallest absolute Gasteiger partial charge is 0.291 e. The fourth-order valence-electron chi connectivity index (χ4n) is 7.49. The van der Waals surface area contributed by atoms with E-state index in [0.29, 0.717) is 68.5 Å². The average Bonchev–Trinajstić information content (AvgIpc) is 3.74. The first-order valence-corrected chi connectivity index (χ1v) is 19.5. The number of quaternary nitrogens is 1. The Balaban J connectivity index is 1.05. The summed E-state index contributed by atoms with van der Waals surface area (Å²) < 4.78 is 39.2. The van der Waals surface area contributed by atoms with Crippen LogP contribution in [-0.2, 0) is 23.1 Å². The number of piperidine rings is 1. The molecule has 4 heterocycles. The normalized spacial score (nSPS) is 15.5. The summed E-state index contributed by atoms with van der Waals surface area (Å²) in [5.74, 6) is -2.28. The van der Waals surface area contributed by atoms with Crippen molar-refractivity contribution in [3.63, 3.8) is 0 Å². The highest BCUT2D eigenvalue weighted by Crippen LogP contribution is 2.33. The minimum atomic E-state index is -1.08. The largest absolute Gasteiger partial charge is 0.383 e. The molecule has 3 N–H and O–H groups in total. The van der Waals surface area contributed by atoms with E-state index in [1.807, 2.05) is 11.8 Å². The number of benzene rings is 2. The van der Waals surface area contributed by atoms with Gasteiger partial charge in [0.25, 0.3) is 11.8 Å². The quantitative estimate of drug-likeness (QED) is 0.168. The van der Waals surface area contributed by atoms with Crippen LogP contribution in [0.5, 0.6) is 0 Å². The Labute approximate surface area is 330 Å². The van der Waals surface area contributed by atoms with Gasteiger partial charge in [-0.3, -0.25) is 19.1 Å². The van der Waals surface area contributed by atoms with Gasteiger partial charge >= 0.3 is 0 Å². The van der Waals surface area contributed by atoms with Crippen molar-refractivity contribution >= 4 is 35.0 Å². The van der Waals surface area contributed by atoms with Crippen LogP contribution in [0.4, 0.5) is 14.5 Å². The lowest BCUT2D eigenvalue weighted by molar-refractivity contribution is -0.882. The molecule has 6 rings (SSSR count). The van der Waals surface area contributed by atoms with Crippen molar-refractivity contribution in [1.82, 2.24) is 34.4 Å². The molecule has 4 aromatic rings. The molecule has 2 aromatic heterocycles. The van der Waals surface area contributed by atoms with Gasteiger partial charge in [-0.1, -0.05) is 17.7 Å². The van der Waals surface area contributed by atoms with Crippen LogP contribution in [0.15, 0.2) is 42.7 Å². The predicted octanol–water partition coefficient (Wildman–Crippen LogP) is 3.52. The number of rotatable bonds is 15. The van der Waals surface area contributed by atoms with E-state index in [0.717, 1.165) is 32.7 Å². The lowest BCUT2D eigenvalue weighted by Gasteiger charge is -2.34. The van der Waals surface area contributed by atoms with E-state index >= 15 is 8.78 Å². The third-order valence-electron chi connectivity index (χ3n) is 11.0. The highest BCUT2D eigenvalue weighted by Gasteiger charge is 2.32. The molecule has 1 atom stereocenters. The minimum Gasteiger partial charge on any atom is -0.383 e. The van der Waals surface area contributed by atoms with Gasteiger partial charge < -0.3 is 34.6 Å². The monoisotopic (exact) mass is 794 g/mol. The Hall–Kier alpha value is -4.70. The molecule has 0 radical (unpaired) electrons. The number of likely N-dealkylation sites (tertiary alicyclic amines) is 1. The Morgan fingerprint density at radius 3 is 2.45 bits per heavy atom. The molecule has 2 fully saturated rings. The zero-order valence-electron chi connectivity index (χ0n) is 32.6. The van der Waals surface area contributed by atoms with Gasteiger partial charge in [0.15, 0.2) is 17.5 Å². The molecular formula is C40H51ClF2N9O4+. The standard InChI is InChI=1S/C40H50ClF2N9O4/c1-6-50(16-15-48(3)24-26-20-44-21-26)39(54)27-11-13-51(14-12-27)40(55)30-8-7-28(19-33(30)41)47-38(53)37-45-23-34(49(37)4)31-10-9-29(35(42)36(31)43)32-22-46-52(25(32)2)17-18-56-5/h7-10,19,22-23,26-27,44H,6,11-18,20-21,24H2,1-5H3,(H,47,53)/p+1. The number of nitrogens with zero attached hydrogens (tertiary/aromatic N) is 6. The molecule has 3 amide bonds. The number of hydrogen-bond donors (Lipinski definition) is 3. The number of aromatic nitrogens is 4. The van der Waals surface area contributed by atoms with Crippen LogP contribution < -0.4 is 15.5 Å². The van der Waals surface area contributed by atoms with E-state index in [1.165, 1.54) is 47.1 Å². The molecule has 300 valence electrons. The first-order valence-electron chi connectivity index (χ1n) is 19.1. The Morgan fingerprint density at radius 2 is 1.79 bits per heavy atom. The van der Waals surface area contributed by atoms with Gasteiger partial charge in [-0.05, 0) is 51.0 Å². The molecule has 2 aromatic carbocycles. The van der Waals surface area contributed by atoms with Crippen LogP contribution in [-0.4, -0.2) is 120 Å². The Bertz CT molecular complexity index is 2060. The maximum Gasteiger partial charge on any atom is 0.291 e. The number of hydrogen-bond acceptors (Lipinski definition) is 7. The van der Waals surface area contributed by atoms with Crippen LogP contribution >= 0.6 is 11.6 Å². The SMILES string of the molecule is CCN(CC[NH+](C)CC1CNC1)C(=O)C1CCN(C(=O)c2ccc(NC(=O)c3ncc(-c4ccc(-c5cnn(CCOC)c5C)c(F)c4F)n3C)cc2Cl)CC1. The van der Waals surface area contributed by atoms with Crippen LogP contribution in [0.3, 0.4) is 0 Å². The molecule has 56 heavy (non-hydrogen) atoms. The summed E-state index contributed by atoms with van der Waals surface area (Å²) >= 11 is 6.58. The number of amides is 3. The third kappa shape index (κ3) is 8.80. The number of nitrogens with one attached hydrogen (secondary N) is 3. The van der Waals surface area contributed by atoms with Gasteiger partial charge in [0.05, 0.1) is 68.5 Å². The molecule has 0 bridgehead atoms. The Kier molecular flexibility index (Phi) is 13.2. The molecule has 0 spiro atoms. The molecule has 2 aliphatic heterocycles. The van der Waals surface area contributed by atoms with E-state index in [1.54, 1.807) is 35.7 Å². The topological polar surface area (TPSA) is 131 Å². The highest BCUT2D eigenvalue weighted by atomic mass is 35.5. The van der Waals surface area contributed by atoms with Crippen molar-refractivity contribution in [2.45, 2.75) is 33.2 Å². The number of halogens is 3. The zero-order valence-corrected chi connectivity index (χ0v) is 33.4. The van der Waals surface area contributed by atoms with Gasteiger partial charge in [-0.25, -0.2) is 13.8 Å². The first-order chi connectivity index (χ1) is 26.9. The Morgan fingerprint density at radius 1 is 1.07 bits per heavy atom. The van der Waals surface area contributed by atoms with Gasteiger partial charge in [0, 0.05) is 86.8 Å². The third-order valence-corrected chi connectivity index (χ3v) is 11.4. The number of carbonyl (C=O) groups excluding carboxylic acids is 3. The van der Waals surface area contributed by atoms with Crippen LogP contribution in [0.2, 0.25) is 5.02 Å². The molecule has 2 saturated heterocycles. The second-order valence-corrected chi connectivity index (χ2v) is 15.2. The molecule has 13 nitrogen and oxygen atoms in total. The maximum atomic E-state index is 15.6. The van der Waals surface area contributed by atoms with E-state index in [4.69, 9.17) is 16.3 Å². The highest BCUT2D eigenvalue weighted by molar-refractivity contribution is 6.34. The van der Waals surface area contributed by atoms with E-state index in [-0.39, 0.29) is 51.0 Å². The van der Waals surface area contributed by atoms with Crippen LogP contribution in [0.1, 0.15) is 46.4 Å². The zero-order chi connectivity index (χ0) is 40.1. The van der Waals surface area contributed by atoms with Gasteiger partial charge in [-0.2, -0.15) is 5.10 Å². The lowest BCUT2D eigenvalue weighted by Crippen LogP contribution is -3.11. The fourth-order valence-corrected chi connectivity index (χ4v) is 7.75. The van der Waals surface area contributed by atoms with Crippen molar-refractivity contribution < 1.29 is 32.8 Å². The summed E-state index contributed by atoms with van der Waals surface area (Å²) in [6.07, 6.45) is 3.96. The summed E-state index contributed by atoms with van der Waals surface area (Å²) in [5, 5.41) is 10.5. The number of carbonyl (C=O) groups is 3. The molecule has 0 saturated carbocycles. The number of anilines is 1. The number of imidazole rings is 1. The second-order valence-electron chi connectivity index (χ2n) is 14.7. The van der Waals surface area contributed by atoms with E-state index in [2.05, 4.69) is 27.8 Å². The summed E-state index contributed by atoms with van der Waals surface area (Å²) in [4.78, 5) is 49.5. The molecule has 0 aliphatic carbocycles. The van der Waals surface area contributed by atoms with Crippen molar-refractivity contribution in [1.29, 1.82) is 0 Å². The van der Waals surface area contributed by atoms with Gasteiger partial charge in [-0.15, -0.1) is 0 Å². The predicted molar refractivity (Wildman–Crippen MR) is 210 cm³/mol. The first kappa shape index (κ1) is 40.9. The molecular weight excluding hydrogens is 744 g/mol. The molecule has 1 unspecified atom stereocenters. The number of methoxy groups -OCH3 is 1.